The fourth-order valence-electron chi connectivity index (χ4n) is 3.28. The van der Waals surface area contributed by atoms with Gasteiger partial charge in [-0.25, -0.2) is 9.18 Å². The maximum Gasteiger partial charge on any atom is 0.411 e. The number of nitrogens with one attached hydrogen (secondary N) is 1. The minimum Gasteiger partial charge on any atom is -0.366 e. The Bertz CT molecular complexity index is 1020. The summed E-state index contributed by atoms with van der Waals surface area (Å²) in [6.07, 6.45) is -4.65. The Hall–Kier alpha value is -2.75. The Morgan fingerprint density at radius 3 is 2.43 bits per heavy atom. The van der Waals surface area contributed by atoms with Crippen LogP contribution in [0.3, 0.4) is 0 Å². The van der Waals surface area contributed by atoms with Gasteiger partial charge < -0.3 is 20.5 Å². The van der Waals surface area contributed by atoms with Crippen LogP contribution in [-0.2, 0) is 13.1 Å². The molecule has 0 saturated carbocycles. The first-order chi connectivity index (χ1) is 13.8. The second kappa shape index (κ2) is 7.50. The summed E-state index contributed by atoms with van der Waals surface area (Å²) >= 11 is 6.44. The lowest BCUT2D eigenvalue weighted by atomic mass is 10.0. The standard InChI is InChI=1S/C19H19ClF4N4O2/c1-18(2,19(22,23)24)26-17(30)27-6-7-28-12(9-27)14(16(25)29)13(15(28)20)10-4-3-5-11(21)8-10/h3-5,8H,6-7,9H2,1-2H3,(H2,25,29)(H,26,30). The van der Waals surface area contributed by atoms with Crippen LogP contribution in [0.25, 0.3) is 11.1 Å². The van der Waals surface area contributed by atoms with E-state index in [2.05, 4.69) is 0 Å². The highest BCUT2D eigenvalue weighted by Crippen LogP contribution is 2.38. The molecule has 3 N–H and O–H groups in total. The van der Waals surface area contributed by atoms with Gasteiger partial charge in [0.15, 0.2) is 0 Å². The third kappa shape index (κ3) is 3.83. The second-order valence-electron chi connectivity index (χ2n) is 7.49. The maximum absolute atomic E-state index is 13.7. The minimum atomic E-state index is -4.65. The lowest BCUT2D eigenvalue weighted by Gasteiger charge is -2.34. The maximum atomic E-state index is 13.7. The molecule has 3 amide bonds. The second-order valence-corrected chi connectivity index (χ2v) is 7.85. The van der Waals surface area contributed by atoms with Gasteiger partial charge in [-0.3, -0.25) is 4.79 Å². The number of benzene rings is 1. The van der Waals surface area contributed by atoms with E-state index >= 15 is 0 Å². The molecular formula is C19H19ClF4N4O2. The molecule has 2 heterocycles. The van der Waals surface area contributed by atoms with E-state index in [1.165, 1.54) is 18.2 Å². The summed E-state index contributed by atoms with van der Waals surface area (Å²) in [5.74, 6) is -1.39. The number of nitrogens with zero attached hydrogens (tertiary/aromatic N) is 2. The molecule has 1 aliphatic rings. The van der Waals surface area contributed by atoms with E-state index < -0.39 is 29.5 Å². The number of nitrogens with two attached hydrogens (primary N) is 1. The van der Waals surface area contributed by atoms with Crippen molar-refractivity contribution >= 4 is 23.5 Å². The highest BCUT2D eigenvalue weighted by molar-refractivity contribution is 6.33. The number of carbonyl (C=O) groups is 2. The first-order valence-electron chi connectivity index (χ1n) is 8.94. The molecule has 0 saturated heterocycles. The molecular weight excluding hydrogens is 428 g/mol. The van der Waals surface area contributed by atoms with Crippen LogP contribution in [0.4, 0.5) is 22.4 Å². The molecule has 0 aliphatic carbocycles. The molecule has 1 aliphatic heterocycles. The van der Waals surface area contributed by atoms with Crippen LogP contribution in [0.5, 0.6) is 0 Å². The van der Waals surface area contributed by atoms with Crippen LogP contribution < -0.4 is 11.1 Å². The summed E-state index contributed by atoms with van der Waals surface area (Å²) in [6, 6.07) is 4.48. The summed E-state index contributed by atoms with van der Waals surface area (Å²) < 4.78 is 54.6. The van der Waals surface area contributed by atoms with Gasteiger partial charge in [-0.1, -0.05) is 23.7 Å². The van der Waals surface area contributed by atoms with Crippen molar-refractivity contribution in [2.45, 2.75) is 38.7 Å². The van der Waals surface area contributed by atoms with E-state index in [-0.39, 0.29) is 41.6 Å². The SMILES string of the molecule is CC(C)(NC(=O)N1CCn2c(Cl)c(-c3cccc(F)c3)c(C(N)=O)c2C1)C(F)(F)F. The van der Waals surface area contributed by atoms with Crippen LogP contribution in [-0.4, -0.2) is 39.7 Å². The Morgan fingerprint density at radius 2 is 1.87 bits per heavy atom. The van der Waals surface area contributed by atoms with E-state index in [1.54, 1.807) is 10.6 Å². The zero-order chi connectivity index (χ0) is 22.4. The Kier molecular flexibility index (Phi) is 5.48. The summed E-state index contributed by atoms with van der Waals surface area (Å²) in [4.78, 5) is 25.8. The zero-order valence-electron chi connectivity index (χ0n) is 16.1. The van der Waals surface area contributed by atoms with Crippen LogP contribution in [0, 0.1) is 5.82 Å². The Balaban J connectivity index is 1.99. The monoisotopic (exact) mass is 446 g/mol. The quantitative estimate of drug-likeness (QED) is 0.701. The lowest BCUT2D eigenvalue weighted by molar-refractivity contribution is -0.182. The van der Waals surface area contributed by atoms with Crippen LogP contribution in [0.15, 0.2) is 24.3 Å². The smallest absolute Gasteiger partial charge is 0.366 e. The molecule has 1 aromatic heterocycles. The van der Waals surface area contributed by atoms with Gasteiger partial charge in [-0.15, -0.1) is 0 Å². The van der Waals surface area contributed by atoms with E-state index in [0.29, 0.717) is 5.56 Å². The van der Waals surface area contributed by atoms with Gasteiger partial charge in [-0.05, 0) is 31.5 Å². The number of amides is 3. The van der Waals surface area contributed by atoms with Gasteiger partial charge in [0.25, 0.3) is 5.91 Å². The lowest BCUT2D eigenvalue weighted by Crippen LogP contribution is -2.58. The minimum absolute atomic E-state index is 0.00168. The number of hydrogen-bond acceptors (Lipinski definition) is 2. The summed E-state index contributed by atoms with van der Waals surface area (Å²) in [5, 5.41) is 2.10. The molecule has 6 nitrogen and oxygen atoms in total. The van der Waals surface area contributed by atoms with E-state index in [9.17, 15) is 27.2 Å². The van der Waals surface area contributed by atoms with Crippen molar-refractivity contribution in [1.82, 2.24) is 14.8 Å². The molecule has 2 aromatic rings. The first-order valence-corrected chi connectivity index (χ1v) is 9.31. The van der Waals surface area contributed by atoms with Gasteiger partial charge >= 0.3 is 12.2 Å². The van der Waals surface area contributed by atoms with Crippen molar-refractivity contribution in [3.05, 3.63) is 46.5 Å². The molecule has 1 aromatic carbocycles. The van der Waals surface area contributed by atoms with Crippen molar-refractivity contribution < 1.29 is 27.2 Å². The molecule has 0 bridgehead atoms. The number of rotatable bonds is 3. The number of hydrogen-bond donors (Lipinski definition) is 2. The summed E-state index contributed by atoms with van der Waals surface area (Å²) in [7, 11) is 0. The first kappa shape index (κ1) is 21.9. The highest BCUT2D eigenvalue weighted by Gasteiger charge is 2.49. The third-order valence-corrected chi connectivity index (χ3v) is 5.41. The van der Waals surface area contributed by atoms with Gasteiger partial charge in [-0.2, -0.15) is 13.2 Å². The van der Waals surface area contributed by atoms with Crippen LogP contribution in [0.2, 0.25) is 5.15 Å². The zero-order valence-corrected chi connectivity index (χ0v) is 16.9. The normalized spacial score (nSPS) is 14.4. The molecule has 0 atom stereocenters. The van der Waals surface area contributed by atoms with Gasteiger partial charge in [0.05, 0.1) is 17.8 Å². The third-order valence-electron chi connectivity index (χ3n) is 5.02. The Morgan fingerprint density at radius 1 is 1.20 bits per heavy atom. The van der Waals surface area contributed by atoms with Crippen molar-refractivity contribution in [2.24, 2.45) is 5.73 Å². The topological polar surface area (TPSA) is 80.4 Å². The number of fused-ring (bicyclic) bond motifs is 1. The van der Waals surface area contributed by atoms with Gasteiger partial charge in [0.2, 0.25) is 0 Å². The fraction of sp³-hybridized carbons (Fsp3) is 0.368. The molecule has 0 fully saturated rings. The number of primary amides is 1. The Labute approximate surface area is 174 Å². The van der Waals surface area contributed by atoms with Crippen molar-refractivity contribution in [3.8, 4) is 11.1 Å². The number of carbonyl (C=O) groups excluding carboxylic acids is 2. The van der Waals surface area contributed by atoms with Crippen molar-refractivity contribution in [3.63, 3.8) is 0 Å². The van der Waals surface area contributed by atoms with Crippen LogP contribution >= 0.6 is 11.6 Å². The fourth-order valence-corrected chi connectivity index (χ4v) is 3.67. The van der Waals surface area contributed by atoms with Crippen LogP contribution in [0.1, 0.15) is 29.9 Å². The number of urea groups is 1. The average Bonchev–Trinajstić information content (AvgIpc) is 2.92. The molecule has 0 radical (unpaired) electrons. The van der Waals surface area contributed by atoms with Gasteiger partial charge in [0.1, 0.15) is 16.5 Å². The number of aromatic nitrogens is 1. The molecule has 3 rings (SSSR count). The number of halogens is 5. The van der Waals surface area contributed by atoms with Crippen molar-refractivity contribution in [1.29, 1.82) is 0 Å². The van der Waals surface area contributed by atoms with E-state index in [1.807, 2.05) is 5.32 Å². The molecule has 30 heavy (non-hydrogen) atoms. The molecule has 0 spiro atoms. The average molecular weight is 447 g/mol. The highest BCUT2D eigenvalue weighted by atomic mass is 35.5. The van der Waals surface area contributed by atoms with Gasteiger partial charge in [0, 0.05) is 18.7 Å². The molecule has 11 heteroatoms. The largest absolute Gasteiger partial charge is 0.411 e. The van der Waals surface area contributed by atoms with Crippen molar-refractivity contribution in [2.75, 3.05) is 6.54 Å². The molecule has 0 unspecified atom stereocenters. The molecule has 162 valence electrons. The summed E-state index contributed by atoms with van der Waals surface area (Å²) in [5.41, 5.74) is 3.91. The predicted octanol–water partition coefficient (Wildman–Crippen LogP) is 3.91. The number of alkyl halides is 3. The van der Waals surface area contributed by atoms with E-state index in [4.69, 9.17) is 17.3 Å². The van der Waals surface area contributed by atoms with E-state index in [0.717, 1.165) is 18.7 Å². The summed E-state index contributed by atoms with van der Waals surface area (Å²) in [6.45, 7) is 1.70. The predicted molar refractivity (Wildman–Crippen MR) is 102 cm³/mol.